The highest BCUT2D eigenvalue weighted by molar-refractivity contribution is 7.11. The van der Waals surface area contributed by atoms with Crippen LogP contribution in [0.3, 0.4) is 0 Å². The number of nitrogens with one attached hydrogen (secondary N) is 1. The molecule has 0 atom stereocenters. The molecule has 18 heavy (non-hydrogen) atoms. The van der Waals surface area contributed by atoms with Gasteiger partial charge in [-0.3, -0.25) is 0 Å². The molecule has 2 saturated carbocycles. The first-order valence-electron chi connectivity index (χ1n) is 7.42. The third-order valence-corrected chi connectivity index (χ3v) is 5.64. The average Bonchev–Trinajstić information content (AvgIpc) is 3.13. The van der Waals surface area contributed by atoms with Crippen molar-refractivity contribution in [2.24, 2.45) is 5.92 Å². The van der Waals surface area contributed by atoms with Crippen LogP contribution in [-0.4, -0.2) is 12.0 Å². The molecule has 100 valence electrons. The molecule has 1 heterocycles. The van der Waals surface area contributed by atoms with Crippen molar-refractivity contribution in [2.45, 2.75) is 63.8 Å². The molecule has 0 radical (unpaired) electrons. The Morgan fingerprint density at radius 1 is 1.11 bits per heavy atom. The van der Waals surface area contributed by atoms with Gasteiger partial charge in [0.2, 0.25) is 0 Å². The predicted molar refractivity (Wildman–Crippen MR) is 77.2 cm³/mol. The topological polar surface area (TPSA) is 24.9 Å². The largest absolute Gasteiger partial charge is 0.315 e. The Morgan fingerprint density at radius 2 is 1.78 bits per heavy atom. The smallest absolute Gasteiger partial charge is 0.0962 e. The van der Waals surface area contributed by atoms with E-state index in [-0.39, 0.29) is 0 Å². The molecule has 0 aromatic carbocycles. The molecule has 0 aliphatic heterocycles. The molecule has 0 unspecified atom stereocenters. The van der Waals surface area contributed by atoms with Gasteiger partial charge in [-0.1, -0.05) is 19.8 Å². The van der Waals surface area contributed by atoms with Crippen LogP contribution in [0.2, 0.25) is 0 Å². The summed E-state index contributed by atoms with van der Waals surface area (Å²) in [5.41, 5.74) is 1.43. The normalized spacial score (nSPS) is 28.6. The van der Waals surface area contributed by atoms with E-state index in [1.54, 1.807) is 0 Å². The summed E-state index contributed by atoms with van der Waals surface area (Å²) in [7, 11) is 2.04. The summed E-state index contributed by atoms with van der Waals surface area (Å²) in [4.78, 5) is 6.53. The van der Waals surface area contributed by atoms with Gasteiger partial charge >= 0.3 is 0 Å². The quantitative estimate of drug-likeness (QED) is 0.888. The predicted octanol–water partition coefficient (Wildman–Crippen LogP) is 4.03. The fourth-order valence-corrected chi connectivity index (χ4v) is 4.36. The molecule has 0 spiro atoms. The summed E-state index contributed by atoms with van der Waals surface area (Å²) < 4.78 is 0. The van der Waals surface area contributed by atoms with E-state index in [9.17, 15) is 0 Å². The van der Waals surface area contributed by atoms with Gasteiger partial charge in [-0.2, -0.15) is 0 Å². The zero-order chi connectivity index (χ0) is 12.5. The van der Waals surface area contributed by atoms with Crippen LogP contribution < -0.4 is 5.32 Å². The van der Waals surface area contributed by atoms with Crippen LogP contribution in [0.1, 0.15) is 72.9 Å². The van der Waals surface area contributed by atoms with E-state index >= 15 is 0 Å². The van der Waals surface area contributed by atoms with Gasteiger partial charge in [-0.25, -0.2) is 4.98 Å². The van der Waals surface area contributed by atoms with Crippen LogP contribution in [-0.2, 0) is 6.54 Å². The summed E-state index contributed by atoms with van der Waals surface area (Å²) >= 11 is 1.99. The van der Waals surface area contributed by atoms with Gasteiger partial charge in [0.25, 0.3) is 0 Å². The molecule has 2 aliphatic carbocycles. The van der Waals surface area contributed by atoms with E-state index in [0.717, 1.165) is 24.3 Å². The lowest BCUT2D eigenvalue weighted by Gasteiger charge is -2.24. The maximum absolute atomic E-state index is 5.02. The van der Waals surface area contributed by atoms with Gasteiger partial charge < -0.3 is 5.32 Å². The molecule has 0 saturated heterocycles. The van der Waals surface area contributed by atoms with Crippen molar-refractivity contribution in [3.63, 3.8) is 0 Å². The van der Waals surface area contributed by atoms with E-state index in [0.29, 0.717) is 0 Å². The lowest BCUT2D eigenvalue weighted by molar-refractivity contribution is 0.347. The summed E-state index contributed by atoms with van der Waals surface area (Å²) in [6.45, 7) is 3.40. The van der Waals surface area contributed by atoms with Crippen LogP contribution >= 0.6 is 11.3 Å². The van der Waals surface area contributed by atoms with Crippen LogP contribution in [0.5, 0.6) is 0 Å². The fourth-order valence-electron chi connectivity index (χ4n) is 3.03. The van der Waals surface area contributed by atoms with Gasteiger partial charge in [0, 0.05) is 23.3 Å². The minimum Gasteiger partial charge on any atom is -0.315 e. The Bertz CT molecular complexity index is 401. The minimum absolute atomic E-state index is 0.759. The van der Waals surface area contributed by atoms with Crippen LogP contribution in [0, 0.1) is 5.92 Å². The van der Waals surface area contributed by atoms with E-state index < -0.39 is 0 Å². The zero-order valence-electron chi connectivity index (χ0n) is 11.5. The molecule has 3 heteroatoms. The number of aromatic nitrogens is 1. The Labute approximate surface area is 114 Å². The zero-order valence-corrected chi connectivity index (χ0v) is 12.4. The lowest BCUT2D eigenvalue weighted by atomic mass is 9.83. The number of rotatable bonds is 4. The van der Waals surface area contributed by atoms with E-state index in [1.807, 2.05) is 18.4 Å². The molecule has 0 bridgehead atoms. The van der Waals surface area contributed by atoms with E-state index in [4.69, 9.17) is 4.98 Å². The first-order chi connectivity index (χ1) is 8.78. The van der Waals surface area contributed by atoms with Crippen LogP contribution in [0.15, 0.2) is 0 Å². The number of hydrogen-bond acceptors (Lipinski definition) is 3. The standard InChI is InChI=1S/C15H24N2S/c1-10-3-5-12(6-4-10)15-17-14(11-7-8-11)13(18-15)9-16-2/h10-12,16H,3-9H2,1-2H3. The molecule has 1 aromatic heterocycles. The number of hydrogen-bond donors (Lipinski definition) is 1. The van der Waals surface area contributed by atoms with E-state index in [1.165, 1.54) is 54.1 Å². The van der Waals surface area contributed by atoms with Gasteiger partial charge in [0.15, 0.2) is 0 Å². The van der Waals surface area contributed by atoms with Crippen molar-refractivity contribution >= 4 is 11.3 Å². The second-order valence-corrected chi connectivity index (χ2v) is 7.24. The molecular weight excluding hydrogens is 240 g/mol. The lowest BCUT2D eigenvalue weighted by Crippen LogP contribution is -2.10. The van der Waals surface area contributed by atoms with Gasteiger partial charge in [0.05, 0.1) is 10.7 Å². The highest BCUT2D eigenvalue weighted by Crippen LogP contribution is 2.45. The molecular formula is C15H24N2S. The van der Waals surface area contributed by atoms with Crippen molar-refractivity contribution in [3.8, 4) is 0 Å². The molecule has 2 fully saturated rings. The maximum atomic E-state index is 5.02. The fraction of sp³-hybridized carbons (Fsp3) is 0.800. The Morgan fingerprint density at radius 3 is 2.39 bits per heavy atom. The Balaban J connectivity index is 1.77. The first kappa shape index (κ1) is 12.6. The van der Waals surface area contributed by atoms with Gasteiger partial charge in [-0.15, -0.1) is 11.3 Å². The van der Waals surface area contributed by atoms with Crippen molar-refractivity contribution in [2.75, 3.05) is 7.05 Å². The Hall–Kier alpha value is -0.410. The van der Waals surface area contributed by atoms with Gasteiger partial charge in [-0.05, 0) is 38.6 Å². The molecule has 1 aromatic rings. The highest BCUT2D eigenvalue weighted by Gasteiger charge is 2.31. The number of nitrogens with zero attached hydrogens (tertiary/aromatic N) is 1. The Kier molecular flexibility index (Phi) is 3.71. The average molecular weight is 264 g/mol. The molecule has 2 nitrogen and oxygen atoms in total. The summed E-state index contributed by atoms with van der Waals surface area (Å²) in [5, 5.41) is 4.74. The van der Waals surface area contributed by atoms with Crippen molar-refractivity contribution < 1.29 is 0 Å². The number of thiazole rings is 1. The second-order valence-electron chi connectivity index (χ2n) is 6.12. The molecule has 3 rings (SSSR count). The highest BCUT2D eigenvalue weighted by atomic mass is 32.1. The van der Waals surface area contributed by atoms with Gasteiger partial charge in [0.1, 0.15) is 0 Å². The second kappa shape index (κ2) is 5.30. The van der Waals surface area contributed by atoms with E-state index in [2.05, 4.69) is 12.2 Å². The maximum Gasteiger partial charge on any atom is 0.0962 e. The van der Waals surface area contributed by atoms with Crippen LogP contribution in [0.4, 0.5) is 0 Å². The molecule has 0 amide bonds. The summed E-state index contributed by atoms with van der Waals surface area (Å²) in [5.74, 6) is 2.48. The first-order valence-corrected chi connectivity index (χ1v) is 8.23. The SMILES string of the molecule is CNCc1sc(C2CCC(C)CC2)nc1C1CC1. The molecule has 1 N–H and O–H groups in total. The van der Waals surface area contributed by atoms with Crippen molar-refractivity contribution in [1.82, 2.24) is 10.3 Å². The summed E-state index contributed by atoms with van der Waals surface area (Å²) in [6.07, 6.45) is 8.23. The third kappa shape index (κ3) is 2.62. The van der Waals surface area contributed by atoms with Crippen LogP contribution in [0.25, 0.3) is 0 Å². The summed E-state index contributed by atoms with van der Waals surface area (Å²) in [6, 6.07) is 0. The third-order valence-electron chi connectivity index (χ3n) is 4.41. The van der Waals surface area contributed by atoms with Crippen molar-refractivity contribution in [1.29, 1.82) is 0 Å². The molecule has 2 aliphatic rings. The monoisotopic (exact) mass is 264 g/mol. The minimum atomic E-state index is 0.759. The van der Waals surface area contributed by atoms with Crippen molar-refractivity contribution in [3.05, 3.63) is 15.6 Å².